The monoisotopic (exact) mass is 283 g/mol. The van der Waals surface area contributed by atoms with Gasteiger partial charge in [0, 0.05) is 11.7 Å². The van der Waals surface area contributed by atoms with Crippen molar-refractivity contribution in [1.29, 1.82) is 0 Å². The molecule has 1 aliphatic rings. The molecule has 21 heavy (non-hydrogen) atoms. The Balaban J connectivity index is 1.77. The molecule has 0 amide bonds. The molecule has 2 aromatic rings. The highest BCUT2D eigenvalue weighted by Crippen LogP contribution is 2.34. The van der Waals surface area contributed by atoms with Gasteiger partial charge in [0.25, 0.3) is 0 Å². The van der Waals surface area contributed by atoms with E-state index in [0.717, 1.165) is 17.9 Å². The molecule has 2 unspecified atom stereocenters. The number of anilines is 1. The highest BCUT2D eigenvalue weighted by molar-refractivity contribution is 5.59. The van der Waals surface area contributed by atoms with E-state index in [9.17, 15) is 0 Å². The minimum atomic E-state index is -0.00274. The summed E-state index contributed by atoms with van der Waals surface area (Å²) in [6.07, 6.45) is 1.07. The van der Waals surface area contributed by atoms with E-state index in [4.69, 9.17) is 9.47 Å². The third-order valence-electron chi connectivity index (χ3n) is 4.02. The van der Waals surface area contributed by atoms with E-state index in [0.29, 0.717) is 6.04 Å². The zero-order chi connectivity index (χ0) is 14.8. The molecular formula is C18H21NO2. The van der Waals surface area contributed by atoms with Crippen molar-refractivity contribution in [3.05, 3.63) is 54.1 Å². The molecule has 0 spiro atoms. The second-order valence-corrected chi connectivity index (χ2v) is 5.48. The van der Waals surface area contributed by atoms with Crippen LogP contribution in [0.15, 0.2) is 48.5 Å². The van der Waals surface area contributed by atoms with Crippen molar-refractivity contribution < 1.29 is 9.47 Å². The van der Waals surface area contributed by atoms with Gasteiger partial charge in [0.2, 0.25) is 0 Å². The molecule has 0 bridgehead atoms. The lowest BCUT2D eigenvalue weighted by Crippen LogP contribution is -2.41. The Bertz CT molecular complexity index is 609. The quantitative estimate of drug-likeness (QED) is 0.850. The van der Waals surface area contributed by atoms with E-state index < -0.39 is 0 Å². The van der Waals surface area contributed by atoms with E-state index in [2.05, 4.69) is 43.0 Å². The van der Waals surface area contributed by atoms with Crippen LogP contribution in [0.2, 0.25) is 0 Å². The number of benzene rings is 2. The van der Waals surface area contributed by atoms with Crippen molar-refractivity contribution in [2.75, 3.05) is 12.0 Å². The summed E-state index contributed by atoms with van der Waals surface area (Å²) < 4.78 is 11.3. The zero-order valence-electron chi connectivity index (χ0n) is 12.7. The summed E-state index contributed by atoms with van der Waals surface area (Å²) in [6, 6.07) is 16.7. The Hall–Kier alpha value is -2.16. The number of hydrogen-bond donors (Lipinski definition) is 0. The predicted octanol–water partition coefficient (Wildman–Crippen LogP) is 3.87. The summed E-state index contributed by atoms with van der Waals surface area (Å²) in [5.41, 5.74) is 2.68. The van der Waals surface area contributed by atoms with Gasteiger partial charge in [0.1, 0.15) is 11.5 Å². The Kier molecular flexibility index (Phi) is 3.74. The first kappa shape index (κ1) is 13.8. The van der Waals surface area contributed by atoms with Gasteiger partial charge in [0.15, 0.2) is 6.23 Å². The van der Waals surface area contributed by atoms with Crippen molar-refractivity contribution in [3.8, 4) is 11.5 Å². The lowest BCUT2D eigenvalue weighted by molar-refractivity contribution is 0.207. The van der Waals surface area contributed by atoms with Crippen LogP contribution in [0.5, 0.6) is 11.5 Å². The Labute approximate surface area is 126 Å². The first-order valence-corrected chi connectivity index (χ1v) is 7.36. The third-order valence-corrected chi connectivity index (χ3v) is 4.02. The van der Waals surface area contributed by atoms with Gasteiger partial charge < -0.3 is 14.4 Å². The number of nitrogens with zero attached hydrogens (tertiary/aromatic N) is 1. The number of hydrogen-bond acceptors (Lipinski definition) is 3. The Morgan fingerprint density at radius 3 is 2.43 bits per heavy atom. The molecule has 2 atom stereocenters. The summed E-state index contributed by atoms with van der Waals surface area (Å²) in [7, 11) is 1.67. The normalized spacial score (nSPS) is 18.2. The highest BCUT2D eigenvalue weighted by atomic mass is 16.5. The lowest BCUT2D eigenvalue weighted by atomic mass is 10.1. The molecule has 110 valence electrons. The molecule has 1 aliphatic heterocycles. The highest BCUT2D eigenvalue weighted by Gasteiger charge is 2.30. The molecule has 2 aromatic carbocycles. The predicted molar refractivity (Wildman–Crippen MR) is 85.2 cm³/mol. The van der Waals surface area contributed by atoms with Crippen LogP contribution in [0.1, 0.15) is 19.4 Å². The molecule has 0 saturated carbocycles. The number of ether oxygens (including phenoxy) is 2. The second kappa shape index (κ2) is 5.68. The average Bonchev–Trinajstić information content (AvgIpc) is 2.83. The van der Waals surface area contributed by atoms with Crippen LogP contribution in [-0.4, -0.2) is 19.4 Å². The van der Waals surface area contributed by atoms with Gasteiger partial charge in [-0.05, 0) is 56.2 Å². The number of rotatable bonds is 4. The molecule has 0 saturated heterocycles. The molecule has 1 heterocycles. The maximum Gasteiger partial charge on any atom is 0.169 e. The Morgan fingerprint density at radius 2 is 1.71 bits per heavy atom. The SMILES string of the molecule is COc1ccc(OC(C)N2c3ccccc3CC2C)cc1. The fraction of sp³-hybridized carbons (Fsp3) is 0.333. The fourth-order valence-corrected chi connectivity index (χ4v) is 3.05. The van der Waals surface area contributed by atoms with Gasteiger partial charge in [-0.1, -0.05) is 18.2 Å². The molecule has 0 N–H and O–H groups in total. The van der Waals surface area contributed by atoms with Crippen LogP contribution in [-0.2, 0) is 6.42 Å². The molecule has 0 radical (unpaired) electrons. The standard InChI is InChI=1S/C18H21NO2/c1-13-12-15-6-4-5-7-18(15)19(13)14(2)21-17-10-8-16(20-3)9-11-17/h4-11,13-14H,12H2,1-3H3. The topological polar surface area (TPSA) is 21.7 Å². The molecular weight excluding hydrogens is 262 g/mol. The van der Waals surface area contributed by atoms with Gasteiger partial charge >= 0.3 is 0 Å². The molecule has 3 rings (SSSR count). The number of methoxy groups -OCH3 is 1. The van der Waals surface area contributed by atoms with Gasteiger partial charge in [-0.15, -0.1) is 0 Å². The van der Waals surface area contributed by atoms with Crippen LogP contribution in [0.3, 0.4) is 0 Å². The van der Waals surface area contributed by atoms with E-state index in [1.165, 1.54) is 11.3 Å². The summed E-state index contributed by atoms with van der Waals surface area (Å²) >= 11 is 0. The van der Waals surface area contributed by atoms with Crippen LogP contribution in [0.25, 0.3) is 0 Å². The van der Waals surface area contributed by atoms with Crippen molar-refractivity contribution in [1.82, 2.24) is 0 Å². The third kappa shape index (κ3) is 2.68. The molecule has 0 aliphatic carbocycles. The van der Waals surface area contributed by atoms with E-state index in [-0.39, 0.29) is 6.23 Å². The van der Waals surface area contributed by atoms with Gasteiger partial charge in [0.05, 0.1) is 7.11 Å². The van der Waals surface area contributed by atoms with Gasteiger partial charge in [-0.25, -0.2) is 0 Å². The molecule has 3 nitrogen and oxygen atoms in total. The summed E-state index contributed by atoms with van der Waals surface area (Å²) in [5.74, 6) is 1.70. The first-order valence-electron chi connectivity index (χ1n) is 7.36. The maximum atomic E-state index is 6.10. The van der Waals surface area contributed by atoms with E-state index in [1.807, 2.05) is 24.3 Å². The van der Waals surface area contributed by atoms with Crippen molar-refractivity contribution in [2.45, 2.75) is 32.5 Å². The van der Waals surface area contributed by atoms with Crippen LogP contribution >= 0.6 is 0 Å². The minimum Gasteiger partial charge on any atom is -0.497 e. The smallest absolute Gasteiger partial charge is 0.169 e. The van der Waals surface area contributed by atoms with E-state index >= 15 is 0 Å². The van der Waals surface area contributed by atoms with Gasteiger partial charge in [-0.3, -0.25) is 0 Å². The molecule has 0 aromatic heterocycles. The Morgan fingerprint density at radius 1 is 1.05 bits per heavy atom. The molecule has 3 heteroatoms. The van der Waals surface area contributed by atoms with E-state index in [1.54, 1.807) is 7.11 Å². The summed E-state index contributed by atoms with van der Waals surface area (Å²) in [6.45, 7) is 4.34. The average molecular weight is 283 g/mol. The van der Waals surface area contributed by atoms with Crippen molar-refractivity contribution >= 4 is 5.69 Å². The maximum absolute atomic E-state index is 6.10. The minimum absolute atomic E-state index is 0.00274. The lowest BCUT2D eigenvalue weighted by Gasteiger charge is -2.31. The fourth-order valence-electron chi connectivity index (χ4n) is 3.05. The van der Waals surface area contributed by atoms with Gasteiger partial charge in [-0.2, -0.15) is 0 Å². The second-order valence-electron chi connectivity index (χ2n) is 5.48. The first-order chi connectivity index (χ1) is 10.2. The summed E-state index contributed by atoms with van der Waals surface area (Å²) in [4.78, 5) is 2.35. The number of fused-ring (bicyclic) bond motifs is 1. The van der Waals surface area contributed by atoms with Crippen LogP contribution in [0, 0.1) is 0 Å². The number of para-hydroxylation sites is 1. The largest absolute Gasteiger partial charge is 0.497 e. The zero-order valence-corrected chi connectivity index (χ0v) is 12.7. The summed E-state index contributed by atoms with van der Waals surface area (Å²) in [5, 5.41) is 0. The van der Waals surface area contributed by atoms with Crippen molar-refractivity contribution in [2.24, 2.45) is 0 Å². The van der Waals surface area contributed by atoms with Crippen molar-refractivity contribution in [3.63, 3.8) is 0 Å². The molecule has 0 fully saturated rings. The van der Waals surface area contributed by atoms with Crippen LogP contribution < -0.4 is 14.4 Å². The van der Waals surface area contributed by atoms with Crippen LogP contribution in [0.4, 0.5) is 5.69 Å².